The van der Waals surface area contributed by atoms with E-state index in [9.17, 15) is 5.11 Å². The first-order valence-corrected chi connectivity index (χ1v) is 11.1. The molecule has 1 aromatic carbocycles. The topological polar surface area (TPSA) is 37.6 Å². The van der Waals surface area contributed by atoms with Crippen molar-refractivity contribution in [3.63, 3.8) is 0 Å². The maximum absolute atomic E-state index is 9.80. The van der Waals surface area contributed by atoms with Crippen LogP contribution >= 0.6 is 0 Å². The van der Waals surface area contributed by atoms with E-state index in [0.717, 1.165) is 57.8 Å². The second kappa shape index (κ2) is 9.80. The second-order valence-corrected chi connectivity index (χ2v) is 9.25. The Morgan fingerprint density at radius 2 is 1.79 bits per heavy atom. The van der Waals surface area contributed by atoms with E-state index in [2.05, 4.69) is 61.6 Å². The van der Waals surface area contributed by atoms with Gasteiger partial charge in [0.2, 0.25) is 0 Å². The van der Waals surface area contributed by atoms with Crippen LogP contribution < -0.4 is 4.74 Å². The monoisotopic (exact) mass is 386 g/mol. The molecule has 0 spiro atoms. The van der Waals surface area contributed by atoms with Crippen LogP contribution in [0.25, 0.3) is 10.9 Å². The number of aliphatic hydroxyl groups excluding tert-OH is 1. The number of hydrogen-bond donors (Lipinski definition) is 1. The molecule has 1 aliphatic rings. The molecule has 0 radical (unpaired) electrons. The van der Waals surface area contributed by atoms with Gasteiger partial charge in [-0.15, -0.1) is 0 Å². The van der Waals surface area contributed by atoms with Gasteiger partial charge in [0, 0.05) is 43.3 Å². The third kappa shape index (κ3) is 5.74. The van der Waals surface area contributed by atoms with E-state index in [4.69, 9.17) is 4.74 Å². The molecular weight excluding hydrogens is 348 g/mol. The Morgan fingerprint density at radius 1 is 1.07 bits per heavy atom. The number of nitrogens with zero attached hydrogens (tertiary/aromatic N) is 2. The standard InChI is InChI=1S/C24H38N2O2/c1-18(2)7-13-26-17-20(16-25-11-8-21(27)9-12-25)23-15-22(5-6-24(23)26)28-14-10-19(3)4/h5-6,15,17-19,21,27H,7-14,16H2,1-4H3. The van der Waals surface area contributed by atoms with Crippen LogP contribution in [0.4, 0.5) is 0 Å². The van der Waals surface area contributed by atoms with Gasteiger partial charge in [-0.25, -0.2) is 0 Å². The zero-order valence-corrected chi connectivity index (χ0v) is 18.2. The first-order valence-electron chi connectivity index (χ1n) is 11.1. The van der Waals surface area contributed by atoms with Gasteiger partial charge in [0.05, 0.1) is 12.7 Å². The van der Waals surface area contributed by atoms with Crippen LogP contribution in [-0.2, 0) is 13.1 Å². The first kappa shape index (κ1) is 21.2. The summed E-state index contributed by atoms with van der Waals surface area (Å²) in [6, 6.07) is 6.58. The molecule has 0 bridgehead atoms. The normalized spacial score (nSPS) is 16.5. The molecule has 1 saturated heterocycles. The molecule has 1 aliphatic heterocycles. The molecule has 156 valence electrons. The van der Waals surface area contributed by atoms with Crippen molar-refractivity contribution in [3.05, 3.63) is 30.0 Å². The van der Waals surface area contributed by atoms with Gasteiger partial charge in [0.1, 0.15) is 5.75 Å². The summed E-state index contributed by atoms with van der Waals surface area (Å²) in [4.78, 5) is 2.47. The van der Waals surface area contributed by atoms with Crippen LogP contribution in [0, 0.1) is 11.8 Å². The highest BCUT2D eigenvalue weighted by atomic mass is 16.5. The van der Waals surface area contributed by atoms with Crippen molar-refractivity contribution < 1.29 is 9.84 Å². The summed E-state index contributed by atoms with van der Waals surface area (Å²) < 4.78 is 8.45. The summed E-state index contributed by atoms with van der Waals surface area (Å²) in [5.41, 5.74) is 2.69. The Balaban J connectivity index is 1.81. The van der Waals surface area contributed by atoms with Gasteiger partial charge in [-0.3, -0.25) is 4.90 Å². The molecule has 0 aliphatic carbocycles. The van der Waals surface area contributed by atoms with Crippen LogP contribution in [0.15, 0.2) is 24.4 Å². The van der Waals surface area contributed by atoms with Gasteiger partial charge < -0.3 is 14.4 Å². The van der Waals surface area contributed by atoms with Crippen molar-refractivity contribution in [2.45, 2.75) is 72.6 Å². The molecule has 4 heteroatoms. The van der Waals surface area contributed by atoms with Crippen molar-refractivity contribution in [2.24, 2.45) is 11.8 Å². The number of rotatable bonds is 9. The van der Waals surface area contributed by atoms with E-state index in [1.54, 1.807) is 0 Å². The van der Waals surface area contributed by atoms with Gasteiger partial charge in [-0.05, 0) is 61.3 Å². The van der Waals surface area contributed by atoms with Crippen LogP contribution in [0.3, 0.4) is 0 Å². The quantitative estimate of drug-likeness (QED) is 0.654. The third-order valence-corrected chi connectivity index (χ3v) is 5.80. The van der Waals surface area contributed by atoms with E-state index in [0.29, 0.717) is 11.8 Å². The fraction of sp³-hybridized carbons (Fsp3) is 0.667. The van der Waals surface area contributed by atoms with Crippen molar-refractivity contribution in [1.29, 1.82) is 0 Å². The fourth-order valence-corrected chi connectivity index (χ4v) is 3.88. The van der Waals surface area contributed by atoms with Crippen LogP contribution in [-0.4, -0.2) is 40.4 Å². The lowest BCUT2D eigenvalue weighted by atomic mass is 10.1. The highest BCUT2D eigenvalue weighted by Crippen LogP contribution is 2.29. The molecule has 0 atom stereocenters. The molecule has 3 rings (SSSR count). The van der Waals surface area contributed by atoms with Crippen LogP contribution in [0.2, 0.25) is 0 Å². The predicted octanol–water partition coefficient (Wildman–Crippen LogP) is 5.07. The van der Waals surface area contributed by atoms with E-state index >= 15 is 0 Å². The Bertz CT molecular complexity index is 742. The lowest BCUT2D eigenvalue weighted by molar-refractivity contribution is 0.0794. The summed E-state index contributed by atoms with van der Waals surface area (Å²) in [5.74, 6) is 2.33. The summed E-state index contributed by atoms with van der Waals surface area (Å²) in [5, 5.41) is 11.1. The largest absolute Gasteiger partial charge is 0.494 e. The molecule has 28 heavy (non-hydrogen) atoms. The summed E-state index contributed by atoms with van der Waals surface area (Å²) >= 11 is 0. The van der Waals surface area contributed by atoms with Gasteiger partial charge in [0.15, 0.2) is 0 Å². The summed E-state index contributed by atoms with van der Waals surface area (Å²) in [6.45, 7) is 13.8. The molecule has 1 fully saturated rings. The number of aliphatic hydroxyl groups is 1. The van der Waals surface area contributed by atoms with Crippen molar-refractivity contribution in [3.8, 4) is 5.75 Å². The molecule has 1 N–H and O–H groups in total. The number of likely N-dealkylation sites (tertiary alicyclic amines) is 1. The molecule has 0 amide bonds. The lowest BCUT2D eigenvalue weighted by Gasteiger charge is -2.29. The average Bonchev–Trinajstić information content (AvgIpc) is 2.98. The average molecular weight is 387 g/mol. The number of benzene rings is 1. The number of piperidine rings is 1. The van der Waals surface area contributed by atoms with Gasteiger partial charge in [-0.2, -0.15) is 0 Å². The number of hydrogen-bond acceptors (Lipinski definition) is 3. The minimum atomic E-state index is -0.121. The van der Waals surface area contributed by atoms with Crippen molar-refractivity contribution in [2.75, 3.05) is 19.7 Å². The fourth-order valence-electron chi connectivity index (χ4n) is 3.88. The minimum Gasteiger partial charge on any atom is -0.494 e. The highest BCUT2D eigenvalue weighted by molar-refractivity contribution is 5.85. The van der Waals surface area contributed by atoms with E-state index < -0.39 is 0 Å². The summed E-state index contributed by atoms with van der Waals surface area (Å²) in [7, 11) is 0. The zero-order valence-electron chi connectivity index (χ0n) is 18.2. The van der Waals surface area contributed by atoms with Gasteiger partial charge in [0.25, 0.3) is 0 Å². The number of fused-ring (bicyclic) bond motifs is 1. The van der Waals surface area contributed by atoms with Crippen molar-refractivity contribution in [1.82, 2.24) is 9.47 Å². The SMILES string of the molecule is CC(C)CCOc1ccc2c(c1)c(CN1CCC(O)CC1)cn2CCC(C)C. The maximum Gasteiger partial charge on any atom is 0.120 e. The molecule has 0 saturated carbocycles. The Kier molecular flexibility index (Phi) is 7.42. The molecule has 4 nitrogen and oxygen atoms in total. The van der Waals surface area contributed by atoms with Crippen molar-refractivity contribution >= 4 is 10.9 Å². The molecule has 1 aromatic heterocycles. The second-order valence-electron chi connectivity index (χ2n) is 9.25. The number of aryl methyl sites for hydroxylation is 1. The third-order valence-electron chi connectivity index (χ3n) is 5.80. The van der Waals surface area contributed by atoms with Gasteiger partial charge in [-0.1, -0.05) is 27.7 Å². The minimum absolute atomic E-state index is 0.121. The molecule has 2 heterocycles. The Hall–Kier alpha value is -1.52. The Morgan fingerprint density at radius 3 is 2.46 bits per heavy atom. The van der Waals surface area contributed by atoms with Crippen LogP contribution in [0.5, 0.6) is 5.75 Å². The number of aromatic nitrogens is 1. The predicted molar refractivity (Wildman–Crippen MR) is 117 cm³/mol. The highest BCUT2D eigenvalue weighted by Gasteiger charge is 2.19. The van der Waals surface area contributed by atoms with Crippen LogP contribution in [0.1, 0.15) is 58.9 Å². The molecule has 0 unspecified atom stereocenters. The smallest absolute Gasteiger partial charge is 0.120 e. The van der Waals surface area contributed by atoms with E-state index in [1.807, 2.05) is 0 Å². The number of ether oxygens (including phenoxy) is 1. The summed E-state index contributed by atoms with van der Waals surface area (Å²) in [6.07, 6.45) is 6.26. The zero-order chi connectivity index (χ0) is 20.1. The molecule has 2 aromatic rings. The molecular formula is C24H38N2O2. The van der Waals surface area contributed by atoms with Gasteiger partial charge >= 0.3 is 0 Å². The lowest BCUT2D eigenvalue weighted by Crippen LogP contribution is -2.35. The first-order chi connectivity index (χ1) is 13.4. The van der Waals surface area contributed by atoms with E-state index in [1.165, 1.54) is 22.9 Å². The Labute approximate surface area is 170 Å². The van der Waals surface area contributed by atoms with E-state index in [-0.39, 0.29) is 6.10 Å². The maximum atomic E-state index is 9.80.